The summed E-state index contributed by atoms with van der Waals surface area (Å²) < 4.78 is 0. The maximum Gasteiger partial charge on any atom is -0.0182 e. The van der Waals surface area contributed by atoms with Gasteiger partial charge in [-0.15, -0.1) is 0 Å². The van der Waals surface area contributed by atoms with Gasteiger partial charge in [-0.3, -0.25) is 0 Å². The Morgan fingerprint density at radius 2 is 1.55 bits per heavy atom. The van der Waals surface area contributed by atoms with Crippen LogP contribution in [0.4, 0.5) is 0 Å². The van der Waals surface area contributed by atoms with Gasteiger partial charge in [-0.25, -0.2) is 0 Å². The van der Waals surface area contributed by atoms with Crippen LogP contribution in [0.25, 0.3) is 11.1 Å². The van der Waals surface area contributed by atoms with Gasteiger partial charge < -0.3 is 0 Å². The Kier molecular flexibility index (Phi) is 16.5. The van der Waals surface area contributed by atoms with Gasteiger partial charge in [0.25, 0.3) is 0 Å². The first-order valence-electron chi connectivity index (χ1n) is 14.3. The van der Waals surface area contributed by atoms with Crippen LogP contribution in [0.1, 0.15) is 96.8 Å². The van der Waals surface area contributed by atoms with Crippen LogP contribution in [0.15, 0.2) is 115 Å². The van der Waals surface area contributed by atoms with E-state index in [0.717, 1.165) is 18.4 Å². The van der Waals surface area contributed by atoms with Crippen LogP contribution >= 0.6 is 0 Å². The normalized spacial score (nSPS) is 11.9. The third-order valence-corrected chi connectivity index (χ3v) is 7.05. The van der Waals surface area contributed by atoms with Crippen molar-refractivity contribution in [3.63, 3.8) is 0 Å². The number of rotatable bonds is 14. The molecule has 1 unspecified atom stereocenters. The molecule has 0 aliphatic carbocycles. The molecule has 0 nitrogen and oxygen atoms in total. The molecule has 0 heterocycles. The first-order chi connectivity index (χ1) is 18.2. The second-order valence-corrected chi connectivity index (χ2v) is 10.6. The van der Waals surface area contributed by atoms with E-state index in [9.17, 15) is 0 Å². The highest BCUT2D eigenvalue weighted by Crippen LogP contribution is 2.22. The molecule has 0 heteroatoms. The van der Waals surface area contributed by atoms with Gasteiger partial charge in [0.1, 0.15) is 0 Å². The van der Waals surface area contributed by atoms with Gasteiger partial charge in [-0.2, -0.15) is 0 Å². The molecule has 0 radical (unpaired) electrons. The summed E-state index contributed by atoms with van der Waals surface area (Å²) in [5, 5.41) is 0. The molecule has 0 saturated carbocycles. The van der Waals surface area contributed by atoms with Crippen molar-refractivity contribution in [2.75, 3.05) is 0 Å². The summed E-state index contributed by atoms with van der Waals surface area (Å²) in [4.78, 5) is 0. The third kappa shape index (κ3) is 13.4. The summed E-state index contributed by atoms with van der Waals surface area (Å²) in [5.41, 5.74) is 10.5. The molecule has 2 rings (SSSR count). The van der Waals surface area contributed by atoms with E-state index in [4.69, 9.17) is 0 Å². The largest absolute Gasteiger partial charge is 0.0999 e. The zero-order valence-electron chi connectivity index (χ0n) is 25.2. The Labute approximate surface area is 235 Å². The van der Waals surface area contributed by atoms with Crippen molar-refractivity contribution in [2.45, 2.75) is 86.5 Å². The molecule has 38 heavy (non-hydrogen) atoms. The molecule has 0 aliphatic rings. The molecular weight excluding hydrogens is 456 g/mol. The molecule has 204 valence electrons. The molecular formula is C38H52. The lowest BCUT2D eigenvalue weighted by atomic mass is 9.92. The van der Waals surface area contributed by atoms with Crippen LogP contribution in [-0.4, -0.2) is 0 Å². The van der Waals surface area contributed by atoms with E-state index in [-0.39, 0.29) is 0 Å². The lowest BCUT2D eigenvalue weighted by molar-refractivity contribution is 0.516. The molecule has 0 spiro atoms. The summed E-state index contributed by atoms with van der Waals surface area (Å²) in [6.07, 6.45) is 16.9. The maximum atomic E-state index is 4.15. The highest BCUT2D eigenvalue weighted by atomic mass is 14.1. The smallest absolute Gasteiger partial charge is 0.0182 e. The predicted molar refractivity (Wildman–Crippen MR) is 174 cm³/mol. The Morgan fingerprint density at radius 3 is 2.11 bits per heavy atom. The van der Waals surface area contributed by atoms with E-state index < -0.39 is 0 Å². The zero-order chi connectivity index (χ0) is 28.3. The standard InChI is InChI=1S/C29H42.C9H10/c1-8-15-28(24(5)6)20-12-10-11-19-27(9-2)29-21-14-18-26(22-29)17-13-16-25(7)23(3)4;1-8(2)9-6-4-3-5-7-9/h9-11,14,18-19,21-22,28H,2,5,8,12-13,15-17,20H2,1,3-4,6-7H3;3-7H,1H2,2H3/b11-10-,27-19+;. The number of aryl methyl sites for hydroxylation is 1. The van der Waals surface area contributed by atoms with E-state index in [0.29, 0.717) is 5.92 Å². The highest BCUT2D eigenvalue weighted by Gasteiger charge is 2.06. The molecule has 0 fully saturated rings. The average molecular weight is 509 g/mol. The van der Waals surface area contributed by atoms with E-state index in [1.807, 2.05) is 31.2 Å². The second kappa shape index (κ2) is 19.0. The number of benzene rings is 2. The Hall–Kier alpha value is -3.12. The van der Waals surface area contributed by atoms with Gasteiger partial charge in [-0.05, 0) is 101 Å². The van der Waals surface area contributed by atoms with E-state index >= 15 is 0 Å². The van der Waals surface area contributed by atoms with Crippen LogP contribution in [0, 0.1) is 5.92 Å². The van der Waals surface area contributed by atoms with Gasteiger partial charge in [0, 0.05) is 0 Å². The van der Waals surface area contributed by atoms with Gasteiger partial charge in [0.2, 0.25) is 0 Å². The molecule has 0 amide bonds. The molecule has 2 aromatic carbocycles. The summed E-state index contributed by atoms with van der Waals surface area (Å²) in [6, 6.07) is 19.1. The number of hydrogen-bond acceptors (Lipinski definition) is 0. The lowest BCUT2D eigenvalue weighted by Crippen LogP contribution is -2.00. The predicted octanol–water partition coefficient (Wildman–Crippen LogP) is 12.0. The van der Waals surface area contributed by atoms with E-state index in [1.165, 1.54) is 71.1 Å². The quantitative estimate of drug-likeness (QED) is 0.176. The van der Waals surface area contributed by atoms with Crippen LogP contribution in [0.5, 0.6) is 0 Å². The fourth-order valence-corrected chi connectivity index (χ4v) is 4.27. The fourth-order valence-electron chi connectivity index (χ4n) is 4.27. The zero-order valence-corrected chi connectivity index (χ0v) is 25.2. The molecule has 2 aromatic rings. The summed E-state index contributed by atoms with van der Waals surface area (Å²) in [5.74, 6) is 0.652. The van der Waals surface area contributed by atoms with Crippen molar-refractivity contribution in [1.29, 1.82) is 0 Å². The molecule has 0 aliphatic heterocycles. The highest BCUT2D eigenvalue weighted by molar-refractivity contribution is 5.75. The van der Waals surface area contributed by atoms with Gasteiger partial charge in [0.05, 0.1) is 0 Å². The van der Waals surface area contributed by atoms with Crippen LogP contribution in [-0.2, 0) is 6.42 Å². The Bertz CT molecular complexity index is 1080. The van der Waals surface area contributed by atoms with Crippen molar-refractivity contribution in [3.05, 3.63) is 132 Å². The second-order valence-electron chi connectivity index (χ2n) is 10.6. The van der Waals surface area contributed by atoms with E-state index in [2.05, 4.69) is 109 Å². The molecule has 0 N–H and O–H groups in total. The SMILES string of the molecule is C=C(C)c1ccccc1.C=C/C(=C\C=C/CCC(CCC)C(=C)C)c1cccc(CCCC(C)=C(C)C)c1. The molecule has 0 saturated heterocycles. The van der Waals surface area contributed by atoms with Crippen molar-refractivity contribution in [1.82, 2.24) is 0 Å². The summed E-state index contributed by atoms with van der Waals surface area (Å²) in [6.45, 7) is 25.1. The third-order valence-electron chi connectivity index (χ3n) is 7.05. The minimum Gasteiger partial charge on any atom is -0.0999 e. The van der Waals surface area contributed by atoms with Crippen molar-refractivity contribution >= 4 is 11.1 Å². The minimum atomic E-state index is 0.652. The fraction of sp³-hybridized carbons (Fsp3) is 0.368. The van der Waals surface area contributed by atoms with Crippen LogP contribution < -0.4 is 0 Å². The minimum absolute atomic E-state index is 0.652. The Morgan fingerprint density at radius 1 is 0.868 bits per heavy atom. The lowest BCUT2D eigenvalue weighted by Gasteiger charge is -2.14. The van der Waals surface area contributed by atoms with Gasteiger partial charge in [-0.1, -0.05) is 134 Å². The summed E-state index contributed by atoms with van der Waals surface area (Å²) in [7, 11) is 0. The topological polar surface area (TPSA) is 0 Å². The van der Waals surface area contributed by atoms with Crippen molar-refractivity contribution < 1.29 is 0 Å². The maximum absolute atomic E-state index is 4.15. The van der Waals surface area contributed by atoms with Crippen LogP contribution in [0.3, 0.4) is 0 Å². The van der Waals surface area contributed by atoms with Crippen molar-refractivity contribution in [2.24, 2.45) is 5.92 Å². The van der Waals surface area contributed by atoms with E-state index in [1.54, 1.807) is 0 Å². The monoisotopic (exact) mass is 508 g/mol. The molecule has 1 atom stereocenters. The molecule has 0 aromatic heterocycles. The first-order valence-corrected chi connectivity index (χ1v) is 14.3. The summed E-state index contributed by atoms with van der Waals surface area (Å²) >= 11 is 0. The van der Waals surface area contributed by atoms with Gasteiger partial charge in [0.15, 0.2) is 0 Å². The first kappa shape index (κ1) is 32.9. The number of allylic oxidation sites excluding steroid dienone is 9. The Balaban J connectivity index is 0.000000671. The van der Waals surface area contributed by atoms with Crippen LogP contribution in [0.2, 0.25) is 0 Å². The molecule has 0 bridgehead atoms. The van der Waals surface area contributed by atoms with Gasteiger partial charge >= 0.3 is 0 Å². The number of hydrogen-bond donors (Lipinski definition) is 0. The average Bonchev–Trinajstić information content (AvgIpc) is 2.90. The van der Waals surface area contributed by atoms with Crippen molar-refractivity contribution in [3.8, 4) is 0 Å².